The number of hydrogen-bond donors (Lipinski definition) is 1. The van der Waals surface area contributed by atoms with Crippen molar-refractivity contribution in [3.05, 3.63) is 58.8 Å². The van der Waals surface area contributed by atoms with E-state index in [1.165, 1.54) is 6.07 Å². The van der Waals surface area contributed by atoms with Gasteiger partial charge in [-0.15, -0.1) is 12.4 Å². The van der Waals surface area contributed by atoms with Gasteiger partial charge >= 0.3 is 0 Å². The minimum absolute atomic E-state index is 0. The van der Waals surface area contributed by atoms with Gasteiger partial charge in [-0.3, -0.25) is 4.90 Å². The molecule has 1 aliphatic heterocycles. The Morgan fingerprint density at radius 1 is 1.19 bits per heavy atom. The molecule has 0 spiro atoms. The Morgan fingerprint density at radius 2 is 1.95 bits per heavy atom. The topological polar surface area (TPSA) is 28.4 Å². The van der Waals surface area contributed by atoms with Gasteiger partial charge in [0.2, 0.25) is 0 Å². The van der Waals surface area contributed by atoms with Gasteiger partial charge in [-0.1, -0.05) is 23.7 Å². The van der Waals surface area contributed by atoms with Gasteiger partial charge < -0.3 is 9.73 Å². The molecule has 1 N–H and O–H groups in total. The van der Waals surface area contributed by atoms with Crippen LogP contribution in [0.1, 0.15) is 17.4 Å². The zero-order valence-electron chi connectivity index (χ0n) is 11.4. The Kier molecular flexibility index (Phi) is 5.65. The van der Waals surface area contributed by atoms with Gasteiger partial charge in [0, 0.05) is 26.2 Å². The summed E-state index contributed by atoms with van der Waals surface area (Å²) in [6.07, 6.45) is 1.64. The fourth-order valence-electron chi connectivity index (χ4n) is 2.65. The summed E-state index contributed by atoms with van der Waals surface area (Å²) in [5.41, 5.74) is 0.753. The summed E-state index contributed by atoms with van der Waals surface area (Å²) >= 11 is 6.17. The molecule has 1 fully saturated rings. The summed E-state index contributed by atoms with van der Waals surface area (Å²) in [4.78, 5) is 2.26. The van der Waals surface area contributed by atoms with Crippen LogP contribution < -0.4 is 5.32 Å². The first-order chi connectivity index (χ1) is 9.77. The van der Waals surface area contributed by atoms with E-state index >= 15 is 0 Å². The lowest BCUT2D eigenvalue weighted by atomic mass is 10.0. The van der Waals surface area contributed by atoms with Crippen molar-refractivity contribution >= 4 is 24.0 Å². The molecular weight excluding hydrogens is 314 g/mol. The Bertz CT molecular complexity index is 571. The van der Waals surface area contributed by atoms with Crippen molar-refractivity contribution in [2.45, 2.75) is 6.04 Å². The van der Waals surface area contributed by atoms with Gasteiger partial charge in [0.15, 0.2) is 0 Å². The number of hydrogen-bond acceptors (Lipinski definition) is 3. The minimum atomic E-state index is -0.393. The summed E-state index contributed by atoms with van der Waals surface area (Å²) < 4.78 is 19.3. The lowest BCUT2D eigenvalue weighted by molar-refractivity contribution is 0.180. The van der Waals surface area contributed by atoms with Crippen molar-refractivity contribution in [2.24, 2.45) is 0 Å². The highest BCUT2D eigenvalue weighted by atomic mass is 35.5. The smallest absolute Gasteiger partial charge is 0.142 e. The Hall–Kier alpha value is -1.07. The van der Waals surface area contributed by atoms with E-state index in [0.717, 1.165) is 37.5 Å². The molecule has 1 aromatic heterocycles. The van der Waals surface area contributed by atoms with E-state index in [0.29, 0.717) is 0 Å². The van der Waals surface area contributed by atoms with Crippen LogP contribution in [-0.2, 0) is 0 Å². The van der Waals surface area contributed by atoms with E-state index in [4.69, 9.17) is 16.0 Å². The largest absolute Gasteiger partial charge is 0.467 e. The van der Waals surface area contributed by atoms with E-state index < -0.39 is 5.82 Å². The molecule has 3 rings (SSSR count). The second-order valence-corrected chi connectivity index (χ2v) is 5.22. The maximum absolute atomic E-state index is 13.8. The van der Waals surface area contributed by atoms with Gasteiger partial charge in [0.05, 0.1) is 17.3 Å². The van der Waals surface area contributed by atoms with Crippen LogP contribution >= 0.6 is 24.0 Å². The highest BCUT2D eigenvalue weighted by Crippen LogP contribution is 2.34. The van der Waals surface area contributed by atoms with Crippen molar-refractivity contribution in [1.29, 1.82) is 0 Å². The molecule has 1 aromatic carbocycles. The van der Waals surface area contributed by atoms with E-state index in [1.807, 2.05) is 18.2 Å². The van der Waals surface area contributed by atoms with Gasteiger partial charge in [-0.25, -0.2) is 4.39 Å². The van der Waals surface area contributed by atoms with E-state index in [9.17, 15) is 4.39 Å². The predicted octanol–water partition coefficient (Wildman–Crippen LogP) is 3.49. The number of nitrogens with one attached hydrogen (secondary N) is 1. The maximum Gasteiger partial charge on any atom is 0.142 e. The number of piperazine rings is 1. The summed E-state index contributed by atoms with van der Waals surface area (Å²) in [7, 11) is 0. The number of rotatable bonds is 3. The van der Waals surface area contributed by atoms with Crippen LogP contribution in [0.3, 0.4) is 0 Å². The molecule has 0 saturated carbocycles. The predicted molar refractivity (Wildman–Crippen MR) is 83.7 cm³/mol. The second-order valence-electron chi connectivity index (χ2n) is 4.85. The maximum atomic E-state index is 13.8. The summed E-state index contributed by atoms with van der Waals surface area (Å²) in [5.74, 6) is 0.398. The molecule has 21 heavy (non-hydrogen) atoms. The van der Waals surface area contributed by atoms with Gasteiger partial charge in [0.1, 0.15) is 11.6 Å². The standard InChI is InChI=1S/C15H16ClFN2O.ClH/c16-14-11(3-1-4-12(14)17)15(13-5-2-10-20-13)19-8-6-18-7-9-19;/h1-5,10,15,18H,6-9H2;1H/t15-;/m1./s1. The lowest BCUT2D eigenvalue weighted by Gasteiger charge is -2.34. The summed E-state index contributed by atoms with van der Waals surface area (Å²) in [6.45, 7) is 3.56. The molecule has 0 unspecified atom stereocenters. The van der Waals surface area contributed by atoms with Crippen molar-refractivity contribution < 1.29 is 8.81 Å². The van der Waals surface area contributed by atoms with Gasteiger partial charge in [-0.05, 0) is 23.8 Å². The van der Waals surface area contributed by atoms with E-state index in [2.05, 4.69) is 10.2 Å². The SMILES string of the molecule is Cl.Fc1cccc([C@H](c2ccco2)N2CCNCC2)c1Cl. The molecule has 0 amide bonds. The second kappa shape index (κ2) is 7.27. The van der Waals surface area contributed by atoms with Crippen LogP contribution in [-0.4, -0.2) is 31.1 Å². The quantitative estimate of drug-likeness (QED) is 0.933. The van der Waals surface area contributed by atoms with Crippen LogP contribution in [0.25, 0.3) is 0 Å². The number of nitrogens with zero attached hydrogens (tertiary/aromatic N) is 1. The van der Waals surface area contributed by atoms with Crippen LogP contribution in [0.4, 0.5) is 4.39 Å². The fourth-order valence-corrected chi connectivity index (χ4v) is 2.88. The van der Waals surface area contributed by atoms with Crippen LogP contribution in [0.2, 0.25) is 5.02 Å². The third-order valence-corrected chi connectivity index (χ3v) is 4.00. The Morgan fingerprint density at radius 3 is 2.62 bits per heavy atom. The lowest BCUT2D eigenvalue weighted by Crippen LogP contribution is -2.45. The molecule has 1 aliphatic rings. The Labute approximate surface area is 134 Å². The molecule has 3 nitrogen and oxygen atoms in total. The first-order valence-corrected chi connectivity index (χ1v) is 7.07. The summed E-state index contributed by atoms with van der Waals surface area (Å²) in [5, 5.41) is 3.49. The zero-order chi connectivity index (χ0) is 13.9. The van der Waals surface area contributed by atoms with Crippen molar-refractivity contribution in [3.8, 4) is 0 Å². The molecule has 2 aromatic rings. The summed E-state index contributed by atoms with van der Waals surface area (Å²) in [6, 6.07) is 8.54. The third-order valence-electron chi connectivity index (χ3n) is 3.61. The first-order valence-electron chi connectivity index (χ1n) is 6.69. The normalized spacial score (nSPS) is 17.2. The van der Waals surface area contributed by atoms with E-state index in [1.54, 1.807) is 12.3 Å². The minimum Gasteiger partial charge on any atom is -0.467 e. The number of furan rings is 1. The van der Waals surface area contributed by atoms with E-state index in [-0.39, 0.29) is 23.5 Å². The van der Waals surface area contributed by atoms with Crippen molar-refractivity contribution in [2.75, 3.05) is 26.2 Å². The molecule has 1 saturated heterocycles. The van der Waals surface area contributed by atoms with Crippen molar-refractivity contribution in [3.63, 3.8) is 0 Å². The van der Waals surface area contributed by atoms with Gasteiger partial charge in [0.25, 0.3) is 0 Å². The number of halogens is 3. The van der Waals surface area contributed by atoms with Crippen LogP contribution in [0.5, 0.6) is 0 Å². The number of benzene rings is 1. The Balaban J connectivity index is 0.00000161. The molecule has 1 atom stereocenters. The van der Waals surface area contributed by atoms with Gasteiger partial charge in [-0.2, -0.15) is 0 Å². The molecule has 0 aliphatic carbocycles. The molecule has 0 bridgehead atoms. The average molecular weight is 331 g/mol. The monoisotopic (exact) mass is 330 g/mol. The zero-order valence-corrected chi connectivity index (χ0v) is 13.0. The molecule has 0 radical (unpaired) electrons. The fraction of sp³-hybridized carbons (Fsp3) is 0.333. The molecule has 2 heterocycles. The van der Waals surface area contributed by atoms with Crippen molar-refractivity contribution in [1.82, 2.24) is 10.2 Å². The first kappa shape index (κ1) is 16.3. The highest BCUT2D eigenvalue weighted by molar-refractivity contribution is 6.31. The average Bonchev–Trinajstić information content (AvgIpc) is 2.99. The molecule has 6 heteroatoms. The molecular formula is C15H17Cl2FN2O. The highest BCUT2D eigenvalue weighted by Gasteiger charge is 2.28. The third kappa shape index (κ3) is 3.40. The molecule has 114 valence electrons. The van der Waals surface area contributed by atoms with Crippen LogP contribution in [0.15, 0.2) is 41.0 Å². The van der Waals surface area contributed by atoms with Crippen LogP contribution in [0, 0.1) is 5.82 Å².